The second-order valence-corrected chi connectivity index (χ2v) is 5.44. The van der Waals surface area contributed by atoms with Gasteiger partial charge in [0.2, 0.25) is 0 Å². The van der Waals surface area contributed by atoms with Gasteiger partial charge in [0.25, 0.3) is 0 Å². The molecule has 1 fully saturated rings. The van der Waals surface area contributed by atoms with Gasteiger partial charge in [0.05, 0.1) is 12.2 Å². The molecular weight excluding hydrogens is 240 g/mol. The highest BCUT2D eigenvalue weighted by Gasteiger charge is 2.20. The number of aromatic carboxylic acids is 1. The van der Waals surface area contributed by atoms with Gasteiger partial charge in [-0.15, -0.1) is 0 Å². The van der Waals surface area contributed by atoms with Crippen LogP contribution in [0.15, 0.2) is 24.3 Å². The fourth-order valence-electron chi connectivity index (χ4n) is 2.71. The summed E-state index contributed by atoms with van der Waals surface area (Å²) < 4.78 is 5.76. The van der Waals surface area contributed by atoms with E-state index in [9.17, 15) is 4.79 Å². The molecule has 1 N–H and O–H groups in total. The lowest BCUT2D eigenvalue weighted by Crippen LogP contribution is -2.19. The molecule has 1 aromatic rings. The average molecular weight is 262 g/mol. The minimum atomic E-state index is -0.899. The first-order valence-corrected chi connectivity index (χ1v) is 7.15. The molecule has 1 aliphatic rings. The molecule has 0 aromatic heterocycles. The van der Waals surface area contributed by atoms with Crippen molar-refractivity contribution in [3.8, 4) is 5.75 Å². The normalized spacial score (nSPS) is 23.0. The highest BCUT2D eigenvalue weighted by molar-refractivity contribution is 5.87. The van der Waals surface area contributed by atoms with Gasteiger partial charge in [-0.1, -0.05) is 26.2 Å². The Morgan fingerprint density at radius 2 is 1.74 bits per heavy atom. The maximum atomic E-state index is 10.7. The van der Waals surface area contributed by atoms with Gasteiger partial charge in [-0.05, 0) is 48.9 Å². The molecule has 3 heteroatoms. The molecule has 2 rings (SSSR count). The minimum Gasteiger partial charge on any atom is -0.493 e. The summed E-state index contributed by atoms with van der Waals surface area (Å²) in [6.45, 7) is 3.02. The lowest BCUT2D eigenvalue weighted by atomic mass is 9.81. The Labute approximate surface area is 114 Å². The van der Waals surface area contributed by atoms with Gasteiger partial charge < -0.3 is 9.84 Å². The first-order valence-electron chi connectivity index (χ1n) is 7.15. The molecule has 0 amide bonds. The van der Waals surface area contributed by atoms with E-state index in [4.69, 9.17) is 9.84 Å². The van der Waals surface area contributed by atoms with Crippen LogP contribution < -0.4 is 4.74 Å². The van der Waals surface area contributed by atoms with E-state index in [0.29, 0.717) is 11.5 Å². The number of rotatable bonds is 5. The zero-order valence-electron chi connectivity index (χ0n) is 11.5. The number of carbonyl (C=O) groups is 1. The smallest absolute Gasteiger partial charge is 0.335 e. The zero-order valence-corrected chi connectivity index (χ0v) is 11.5. The Hall–Kier alpha value is -1.51. The number of ether oxygens (including phenoxy) is 1. The third-order valence-corrected chi connectivity index (χ3v) is 4.13. The van der Waals surface area contributed by atoms with Crippen molar-refractivity contribution in [1.82, 2.24) is 0 Å². The maximum absolute atomic E-state index is 10.7. The fraction of sp³-hybridized carbons (Fsp3) is 0.562. The van der Waals surface area contributed by atoms with E-state index in [0.717, 1.165) is 18.3 Å². The van der Waals surface area contributed by atoms with Crippen molar-refractivity contribution in [3.63, 3.8) is 0 Å². The van der Waals surface area contributed by atoms with Gasteiger partial charge in [-0.25, -0.2) is 4.79 Å². The van der Waals surface area contributed by atoms with Gasteiger partial charge in [0, 0.05) is 0 Å². The molecule has 0 radical (unpaired) electrons. The number of carboxylic acids is 1. The van der Waals surface area contributed by atoms with Crippen LogP contribution in [0.3, 0.4) is 0 Å². The molecule has 19 heavy (non-hydrogen) atoms. The Bertz CT molecular complexity index is 403. The Morgan fingerprint density at radius 1 is 1.16 bits per heavy atom. The topological polar surface area (TPSA) is 46.5 Å². The van der Waals surface area contributed by atoms with Crippen molar-refractivity contribution < 1.29 is 14.6 Å². The van der Waals surface area contributed by atoms with Gasteiger partial charge in [0.1, 0.15) is 5.75 Å². The van der Waals surface area contributed by atoms with E-state index in [1.165, 1.54) is 32.1 Å². The van der Waals surface area contributed by atoms with Gasteiger partial charge in [0.15, 0.2) is 0 Å². The Kier molecular flexibility index (Phi) is 4.83. The summed E-state index contributed by atoms with van der Waals surface area (Å²) in [5.74, 6) is 1.43. The zero-order chi connectivity index (χ0) is 13.7. The summed E-state index contributed by atoms with van der Waals surface area (Å²) in [6.07, 6.45) is 6.45. The van der Waals surface area contributed by atoms with Crippen molar-refractivity contribution in [2.75, 3.05) is 6.61 Å². The van der Waals surface area contributed by atoms with Crippen LogP contribution in [-0.4, -0.2) is 17.7 Å². The van der Waals surface area contributed by atoms with Crippen LogP contribution in [0, 0.1) is 11.8 Å². The lowest BCUT2D eigenvalue weighted by molar-refractivity contribution is 0.0697. The van der Waals surface area contributed by atoms with Gasteiger partial charge in [-0.2, -0.15) is 0 Å². The molecule has 0 spiro atoms. The predicted molar refractivity (Wildman–Crippen MR) is 74.6 cm³/mol. The minimum absolute atomic E-state index is 0.302. The van der Waals surface area contributed by atoms with E-state index < -0.39 is 5.97 Å². The van der Waals surface area contributed by atoms with E-state index in [2.05, 4.69) is 6.92 Å². The lowest BCUT2D eigenvalue weighted by Gasteiger charge is -2.27. The molecule has 0 aliphatic heterocycles. The second-order valence-electron chi connectivity index (χ2n) is 5.44. The first-order chi connectivity index (χ1) is 9.19. The summed E-state index contributed by atoms with van der Waals surface area (Å²) in [5, 5.41) is 8.82. The molecule has 1 aromatic carbocycles. The van der Waals surface area contributed by atoms with Crippen LogP contribution in [-0.2, 0) is 0 Å². The highest BCUT2D eigenvalue weighted by atomic mass is 16.5. The van der Waals surface area contributed by atoms with E-state index in [1.807, 2.05) is 0 Å². The quantitative estimate of drug-likeness (QED) is 0.873. The van der Waals surface area contributed by atoms with Crippen LogP contribution >= 0.6 is 0 Å². The molecule has 104 valence electrons. The van der Waals surface area contributed by atoms with Crippen molar-refractivity contribution in [1.29, 1.82) is 0 Å². The first kappa shape index (κ1) is 13.9. The number of hydrogen-bond acceptors (Lipinski definition) is 2. The van der Waals surface area contributed by atoms with Crippen molar-refractivity contribution >= 4 is 5.97 Å². The maximum Gasteiger partial charge on any atom is 0.335 e. The third kappa shape index (κ3) is 3.98. The molecular formula is C16H22O3. The Morgan fingerprint density at radius 3 is 2.26 bits per heavy atom. The molecule has 0 unspecified atom stereocenters. The van der Waals surface area contributed by atoms with Crippen LogP contribution in [0.1, 0.15) is 49.4 Å². The summed E-state index contributed by atoms with van der Waals surface area (Å²) in [4.78, 5) is 10.7. The number of hydrogen-bond donors (Lipinski definition) is 1. The molecule has 0 heterocycles. The second kappa shape index (κ2) is 6.60. The van der Waals surface area contributed by atoms with Gasteiger partial charge >= 0.3 is 5.97 Å². The average Bonchev–Trinajstić information content (AvgIpc) is 2.46. The van der Waals surface area contributed by atoms with E-state index >= 15 is 0 Å². The van der Waals surface area contributed by atoms with Crippen LogP contribution in [0.5, 0.6) is 5.75 Å². The van der Waals surface area contributed by atoms with Crippen molar-refractivity contribution in [3.05, 3.63) is 29.8 Å². The summed E-state index contributed by atoms with van der Waals surface area (Å²) >= 11 is 0. The molecule has 3 nitrogen and oxygen atoms in total. The molecule has 0 bridgehead atoms. The largest absolute Gasteiger partial charge is 0.493 e. The van der Waals surface area contributed by atoms with E-state index in [1.54, 1.807) is 24.3 Å². The van der Waals surface area contributed by atoms with E-state index in [-0.39, 0.29) is 0 Å². The molecule has 1 aliphatic carbocycles. The monoisotopic (exact) mass is 262 g/mol. The molecule has 0 saturated heterocycles. The fourth-order valence-corrected chi connectivity index (χ4v) is 2.71. The third-order valence-electron chi connectivity index (χ3n) is 4.13. The van der Waals surface area contributed by atoms with Crippen molar-refractivity contribution in [2.24, 2.45) is 11.8 Å². The molecule has 1 saturated carbocycles. The number of benzene rings is 1. The SMILES string of the molecule is CC[C@H]1CC[C@H](COc2ccc(C(=O)O)cc2)CC1. The molecule has 0 atom stereocenters. The van der Waals surface area contributed by atoms with Crippen LogP contribution in [0.4, 0.5) is 0 Å². The van der Waals surface area contributed by atoms with Crippen LogP contribution in [0.25, 0.3) is 0 Å². The Balaban J connectivity index is 1.78. The summed E-state index contributed by atoms with van der Waals surface area (Å²) in [5.41, 5.74) is 0.302. The highest BCUT2D eigenvalue weighted by Crippen LogP contribution is 2.30. The standard InChI is InChI=1S/C16H22O3/c1-2-12-3-5-13(6-4-12)11-19-15-9-7-14(8-10-15)16(17)18/h7-10,12-13H,2-6,11H2,1H3,(H,17,18)/t12-,13-. The summed E-state index contributed by atoms with van der Waals surface area (Å²) in [6, 6.07) is 6.65. The summed E-state index contributed by atoms with van der Waals surface area (Å²) in [7, 11) is 0. The van der Waals surface area contributed by atoms with Crippen molar-refractivity contribution in [2.45, 2.75) is 39.0 Å². The van der Waals surface area contributed by atoms with Gasteiger partial charge in [-0.3, -0.25) is 0 Å². The predicted octanol–water partition coefficient (Wildman–Crippen LogP) is 3.98. The number of carboxylic acid groups (broad SMARTS) is 1. The van der Waals surface area contributed by atoms with Crippen LogP contribution in [0.2, 0.25) is 0 Å².